The average Bonchev–Trinajstić information content (AvgIpc) is 3.66. The molecule has 3 aliphatic heterocycles. The van der Waals surface area contributed by atoms with E-state index in [1.165, 1.54) is 12.8 Å². The van der Waals surface area contributed by atoms with Crippen molar-refractivity contribution in [2.24, 2.45) is 5.16 Å². The summed E-state index contributed by atoms with van der Waals surface area (Å²) in [6.45, 7) is 2.92. The molecule has 0 N–H and O–H groups in total. The molecule has 0 radical (unpaired) electrons. The Balaban J connectivity index is 1.37. The molecule has 1 aromatic carbocycles. The van der Waals surface area contributed by atoms with Gasteiger partial charge in [-0.15, -0.1) is 0 Å². The second kappa shape index (κ2) is 9.84. The molecule has 0 aromatic heterocycles. The summed E-state index contributed by atoms with van der Waals surface area (Å²) in [7, 11) is 1.64. The van der Waals surface area contributed by atoms with E-state index < -0.39 is 5.60 Å². The Kier molecular flexibility index (Phi) is 6.66. The molecule has 0 bridgehead atoms. The van der Waals surface area contributed by atoms with Gasteiger partial charge in [0.25, 0.3) is 5.91 Å². The largest absolute Gasteiger partial charge is 0.493 e. The molecule has 2 saturated heterocycles. The maximum atomic E-state index is 13.6. The Labute approximate surface area is 201 Å². The van der Waals surface area contributed by atoms with Gasteiger partial charge < -0.3 is 24.1 Å². The topological polar surface area (TPSA) is 80.7 Å². The highest BCUT2D eigenvalue weighted by atomic mass is 16.7. The van der Waals surface area contributed by atoms with Crippen molar-refractivity contribution in [3.63, 3.8) is 0 Å². The fraction of sp³-hybridized carbons (Fsp3) is 0.654. The molecular weight excluding hydrogens is 434 g/mol. The van der Waals surface area contributed by atoms with Gasteiger partial charge in [-0.1, -0.05) is 5.16 Å². The molecule has 4 aliphatic rings. The molecule has 2 amide bonds. The van der Waals surface area contributed by atoms with Crippen molar-refractivity contribution in [3.8, 4) is 11.5 Å². The van der Waals surface area contributed by atoms with Gasteiger partial charge in [-0.25, -0.2) is 0 Å². The predicted molar refractivity (Wildman–Crippen MR) is 127 cm³/mol. The predicted octanol–water partition coefficient (Wildman–Crippen LogP) is 3.51. The monoisotopic (exact) mass is 469 g/mol. The number of carbonyl (C=O) groups is 2. The van der Waals surface area contributed by atoms with Crippen LogP contribution < -0.4 is 9.47 Å². The minimum atomic E-state index is -1.27. The molecule has 1 unspecified atom stereocenters. The molecule has 5 rings (SSSR count). The Bertz CT molecular complexity index is 946. The third kappa shape index (κ3) is 4.59. The summed E-state index contributed by atoms with van der Waals surface area (Å²) in [5, 5.41) is 4.36. The number of likely N-dealkylation sites (tertiary alicyclic amines) is 2. The molecule has 0 spiro atoms. The number of nitrogens with zero attached hydrogens (tertiary/aromatic N) is 3. The van der Waals surface area contributed by atoms with Gasteiger partial charge in [-0.05, 0) is 69.6 Å². The van der Waals surface area contributed by atoms with Crippen molar-refractivity contribution < 1.29 is 23.9 Å². The number of hydrogen-bond acceptors (Lipinski definition) is 6. The number of benzene rings is 1. The van der Waals surface area contributed by atoms with Crippen molar-refractivity contribution in [1.29, 1.82) is 0 Å². The highest BCUT2D eigenvalue weighted by molar-refractivity contribution is 6.07. The first-order valence-electron chi connectivity index (χ1n) is 12.8. The molecule has 34 heavy (non-hydrogen) atoms. The summed E-state index contributed by atoms with van der Waals surface area (Å²) in [6, 6.07) is 5.72. The second-order valence-corrected chi connectivity index (χ2v) is 9.95. The van der Waals surface area contributed by atoms with Crippen LogP contribution in [0.15, 0.2) is 23.4 Å². The fourth-order valence-electron chi connectivity index (χ4n) is 5.58. The van der Waals surface area contributed by atoms with Crippen LogP contribution in [-0.2, 0) is 14.4 Å². The molecule has 1 aliphatic carbocycles. The zero-order valence-corrected chi connectivity index (χ0v) is 20.1. The lowest BCUT2D eigenvalue weighted by Crippen LogP contribution is -2.51. The Morgan fingerprint density at radius 3 is 2.35 bits per heavy atom. The van der Waals surface area contributed by atoms with Crippen molar-refractivity contribution in [3.05, 3.63) is 23.8 Å². The first-order valence-corrected chi connectivity index (χ1v) is 12.8. The van der Waals surface area contributed by atoms with Crippen molar-refractivity contribution >= 4 is 17.5 Å². The molecule has 8 nitrogen and oxygen atoms in total. The van der Waals surface area contributed by atoms with Gasteiger partial charge in [0.15, 0.2) is 11.5 Å². The van der Waals surface area contributed by atoms with E-state index in [9.17, 15) is 9.59 Å². The number of amides is 2. The van der Waals surface area contributed by atoms with E-state index in [1.807, 2.05) is 28.0 Å². The molecule has 3 heterocycles. The van der Waals surface area contributed by atoms with E-state index in [2.05, 4.69) is 5.16 Å². The Morgan fingerprint density at radius 2 is 1.68 bits per heavy atom. The summed E-state index contributed by atoms with van der Waals surface area (Å²) in [4.78, 5) is 36.3. The first-order chi connectivity index (χ1) is 16.6. The van der Waals surface area contributed by atoms with E-state index in [1.54, 1.807) is 7.11 Å². The minimum Gasteiger partial charge on any atom is -0.493 e. The lowest BCUT2D eigenvalue weighted by atomic mass is 9.89. The minimum absolute atomic E-state index is 0.0247. The van der Waals surface area contributed by atoms with Crippen LogP contribution in [0.3, 0.4) is 0 Å². The standard InChI is InChI=1S/C26H35N3O5/c1-32-22-11-10-19(16-23(22)33-20-8-2-3-9-20)21-17-26(34-27-21,25(31)29-14-6-7-15-29)18-24(30)28-12-4-5-13-28/h10-11,16,20H,2-9,12-15,17-18H2,1H3. The lowest BCUT2D eigenvalue weighted by Gasteiger charge is -2.31. The van der Waals surface area contributed by atoms with Crippen LogP contribution in [0.2, 0.25) is 0 Å². The van der Waals surface area contributed by atoms with Crippen LogP contribution in [0.4, 0.5) is 0 Å². The van der Waals surface area contributed by atoms with Crippen LogP contribution in [0.5, 0.6) is 11.5 Å². The van der Waals surface area contributed by atoms with Crippen molar-refractivity contribution in [2.45, 2.75) is 75.9 Å². The quantitative estimate of drug-likeness (QED) is 0.611. The summed E-state index contributed by atoms with van der Waals surface area (Å²) in [5.41, 5.74) is 0.227. The molecule has 184 valence electrons. The summed E-state index contributed by atoms with van der Waals surface area (Å²) in [6.07, 6.45) is 8.93. The fourth-order valence-corrected chi connectivity index (χ4v) is 5.58. The zero-order valence-electron chi connectivity index (χ0n) is 20.1. The van der Waals surface area contributed by atoms with E-state index in [0.717, 1.165) is 57.2 Å². The van der Waals surface area contributed by atoms with E-state index in [0.29, 0.717) is 30.3 Å². The highest BCUT2D eigenvalue weighted by Crippen LogP contribution is 2.37. The Morgan fingerprint density at radius 1 is 1.00 bits per heavy atom. The molecule has 1 aromatic rings. The van der Waals surface area contributed by atoms with E-state index in [4.69, 9.17) is 14.3 Å². The summed E-state index contributed by atoms with van der Waals surface area (Å²) >= 11 is 0. The molecule has 1 atom stereocenters. The summed E-state index contributed by atoms with van der Waals surface area (Å²) < 4.78 is 11.8. The van der Waals surface area contributed by atoms with E-state index in [-0.39, 0.29) is 30.8 Å². The van der Waals surface area contributed by atoms with Crippen molar-refractivity contribution in [1.82, 2.24) is 9.80 Å². The molecule has 3 fully saturated rings. The maximum absolute atomic E-state index is 13.6. The zero-order chi connectivity index (χ0) is 23.5. The van der Waals surface area contributed by atoms with Crippen LogP contribution in [0, 0.1) is 0 Å². The molecular formula is C26H35N3O5. The Hall–Kier alpha value is -2.77. The molecule has 1 saturated carbocycles. The van der Waals surface area contributed by atoms with Crippen molar-refractivity contribution in [2.75, 3.05) is 33.3 Å². The highest BCUT2D eigenvalue weighted by Gasteiger charge is 2.51. The number of ether oxygens (including phenoxy) is 2. The number of hydrogen-bond donors (Lipinski definition) is 0. The van der Waals surface area contributed by atoms with Gasteiger partial charge in [-0.3, -0.25) is 9.59 Å². The second-order valence-electron chi connectivity index (χ2n) is 9.95. The maximum Gasteiger partial charge on any atom is 0.270 e. The van der Waals surface area contributed by atoms with Gasteiger partial charge in [0.2, 0.25) is 11.5 Å². The van der Waals surface area contributed by atoms with Gasteiger partial charge in [-0.2, -0.15) is 0 Å². The van der Waals surface area contributed by atoms with Gasteiger partial charge >= 0.3 is 0 Å². The normalized spacial score (nSPS) is 24.9. The molecule has 8 heteroatoms. The summed E-state index contributed by atoms with van der Waals surface area (Å²) in [5.74, 6) is 1.22. The van der Waals surface area contributed by atoms with Crippen LogP contribution in [0.1, 0.15) is 69.8 Å². The van der Waals surface area contributed by atoms with Gasteiger partial charge in [0.1, 0.15) is 0 Å². The van der Waals surface area contributed by atoms with Gasteiger partial charge in [0, 0.05) is 38.2 Å². The smallest absolute Gasteiger partial charge is 0.270 e. The SMILES string of the molecule is COc1ccc(C2=NOC(CC(=O)N3CCCC3)(C(=O)N3CCCC3)C2)cc1OC1CCCC1. The number of carbonyl (C=O) groups excluding carboxylic acids is 2. The number of methoxy groups -OCH3 is 1. The van der Waals surface area contributed by atoms with E-state index >= 15 is 0 Å². The van der Waals surface area contributed by atoms with Crippen LogP contribution in [0.25, 0.3) is 0 Å². The number of oxime groups is 1. The third-order valence-electron chi connectivity index (χ3n) is 7.55. The first kappa shape index (κ1) is 23.0. The number of rotatable bonds is 7. The third-order valence-corrected chi connectivity index (χ3v) is 7.55. The lowest BCUT2D eigenvalue weighted by molar-refractivity contribution is -0.160. The average molecular weight is 470 g/mol. The van der Waals surface area contributed by atoms with Gasteiger partial charge in [0.05, 0.1) is 25.3 Å². The van der Waals surface area contributed by atoms with Crippen LogP contribution in [-0.4, -0.2) is 72.3 Å². The van der Waals surface area contributed by atoms with Crippen LogP contribution >= 0.6 is 0 Å².